The van der Waals surface area contributed by atoms with Crippen molar-refractivity contribution in [1.29, 1.82) is 0 Å². The summed E-state index contributed by atoms with van der Waals surface area (Å²) in [6.45, 7) is 2.22. The summed E-state index contributed by atoms with van der Waals surface area (Å²) in [6, 6.07) is 18.9. The lowest BCUT2D eigenvalue weighted by molar-refractivity contribution is 0.795. The first-order valence-electron chi connectivity index (χ1n) is 7.72. The molecule has 0 radical (unpaired) electrons. The zero-order valence-electron chi connectivity index (χ0n) is 12.8. The van der Waals surface area contributed by atoms with Gasteiger partial charge in [0.2, 0.25) is 0 Å². The molecule has 0 amide bonds. The van der Waals surface area contributed by atoms with Crippen LogP contribution >= 0.6 is 11.3 Å². The van der Waals surface area contributed by atoms with Crippen LogP contribution < -0.4 is 5.32 Å². The zero-order chi connectivity index (χ0) is 15.2. The Balaban J connectivity index is 1.67. The summed E-state index contributed by atoms with van der Waals surface area (Å²) in [6.07, 6.45) is 3.65. The molecular weight excluding hydrogens is 288 g/mol. The van der Waals surface area contributed by atoms with Crippen LogP contribution in [0.2, 0.25) is 0 Å². The van der Waals surface area contributed by atoms with E-state index in [0.717, 1.165) is 28.5 Å². The minimum atomic E-state index is 0.931. The molecule has 0 fully saturated rings. The maximum Gasteiger partial charge on any atom is 0.187 e. The van der Waals surface area contributed by atoms with Gasteiger partial charge in [-0.1, -0.05) is 55.8 Å². The lowest BCUT2D eigenvalue weighted by Gasteiger charge is -2.04. The van der Waals surface area contributed by atoms with Crippen LogP contribution in [-0.2, 0) is 6.42 Å². The fourth-order valence-electron chi connectivity index (χ4n) is 2.33. The van der Waals surface area contributed by atoms with Gasteiger partial charge < -0.3 is 5.32 Å². The number of hydrogen-bond acceptors (Lipinski definition) is 3. The maximum atomic E-state index is 4.66. The smallest absolute Gasteiger partial charge is 0.187 e. The van der Waals surface area contributed by atoms with Crippen molar-refractivity contribution in [1.82, 2.24) is 4.98 Å². The monoisotopic (exact) mass is 308 g/mol. The normalized spacial score (nSPS) is 10.6. The maximum absolute atomic E-state index is 4.66. The largest absolute Gasteiger partial charge is 0.332 e. The molecule has 0 spiro atoms. The van der Waals surface area contributed by atoms with Crippen molar-refractivity contribution in [2.75, 3.05) is 5.32 Å². The van der Waals surface area contributed by atoms with Crippen molar-refractivity contribution >= 4 is 22.2 Å². The second kappa shape index (κ2) is 7.23. The second-order valence-electron chi connectivity index (χ2n) is 5.33. The van der Waals surface area contributed by atoms with Crippen molar-refractivity contribution in [3.63, 3.8) is 0 Å². The molecule has 0 bridgehead atoms. The van der Waals surface area contributed by atoms with E-state index in [-0.39, 0.29) is 0 Å². The van der Waals surface area contributed by atoms with Crippen LogP contribution in [0, 0.1) is 0 Å². The molecule has 1 N–H and O–H groups in total. The third kappa shape index (κ3) is 3.74. The van der Waals surface area contributed by atoms with Crippen molar-refractivity contribution in [3.05, 3.63) is 65.5 Å². The van der Waals surface area contributed by atoms with Crippen molar-refractivity contribution in [2.45, 2.75) is 26.2 Å². The summed E-state index contributed by atoms with van der Waals surface area (Å²) >= 11 is 1.64. The van der Waals surface area contributed by atoms with Crippen LogP contribution in [0.1, 0.15) is 25.3 Å². The number of aryl methyl sites for hydroxylation is 1. The molecule has 22 heavy (non-hydrogen) atoms. The molecule has 112 valence electrons. The average Bonchev–Trinajstić information content (AvgIpc) is 3.04. The van der Waals surface area contributed by atoms with Gasteiger partial charge in [-0.05, 0) is 30.5 Å². The average molecular weight is 308 g/mol. The SMILES string of the molecule is CCCCc1ccc(Nc2nc(-c3ccccc3)cs2)cc1. The van der Waals surface area contributed by atoms with Crippen LogP contribution in [0.25, 0.3) is 11.3 Å². The molecule has 3 heteroatoms. The van der Waals surface area contributed by atoms with E-state index in [1.807, 2.05) is 18.2 Å². The number of hydrogen-bond donors (Lipinski definition) is 1. The van der Waals surface area contributed by atoms with Gasteiger partial charge in [-0.3, -0.25) is 0 Å². The molecular formula is C19H20N2S. The van der Waals surface area contributed by atoms with E-state index in [1.165, 1.54) is 18.4 Å². The van der Waals surface area contributed by atoms with E-state index in [1.54, 1.807) is 11.3 Å². The van der Waals surface area contributed by atoms with Crippen LogP contribution in [-0.4, -0.2) is 4.98 Å². The van der Waals surface area contributed by atoms with Gasteiger partial charge in [-0.25, -0.2) is 4.98 Å². The zero-order valence-corrected chi connectivity index (χ0v) is 13.6. The number of unbranched alkanes of at least 4 members (excludes halogenated alkanes) is 1. The number of anilines is 2. The van der Waals surface area contributed by atoms with Gasteiger partial charge in [-0.2, -0.15) is 0 Å². The molecule has 0 saturated heterocycles. The fraction of sp³-hybridized carbons (Fsp3) is 0.211. The second-order valence-corrected chi connectivity index (χ2v) is 6.19. The van der Waals surface area contributed by atoms with E-state index < -0.39 is 0 Å². The van der Waals surface area contributed by atoms with Crippen molar-refractivity contribution in [3.8, 4) is 11.3 Å². The van der Waals surface area contributed by atoms with E-state index in [0.29, 0.717) is 0 Å². The Morgan fingerprint density at radius 1 is 1.00 bits per heavy atom. The van der Waals surface area contributed by atoms with Crippen molar-refractivity contribution < 1.29 is 0 Å². The van der Waals surface area contributed by atoms with Crippen LogP contribution in [0.4, 0.5) is 10.8 Å². The highest BCUT2D eigenvalue weighted by atomic mass is 32.1. The van der Waals surface area contributed by atoms with Gasteiger partial charge >= 0.3 is 0 Å². The molecule has 2 nitrogen and oxygen atoms in total. The van der Waals surface area contributed by atoms with E-state index >= 15 is 0 Å². The van der Waals surface area contributed by atoms with Crippen molar-refractivity contribution in [2.24, 2.45) is 0 Å². The van der Waals surface area contributed by atoms with E-state index in [2.05, 4.69) is 59.0 Å². The fourth-order valence-corrected chi connectivity index (χ4v) is 3.07. The van der Waals surface area contributed by atoms with Crippen LogP contribution in [0.15, 0.2) is 60.0 Å². The lowest BCUT2D eigenvalue weighted by atomic mass is 10.1. The van der Waals surface area contributed by atoms with Gasteiger partial charge in [0, 0.05) is 16.6 Å². The van der Waals surface area contributed by atoms with Gasteiger partial charge in [-0.15, -0.1) is 11.3 Å². The summed E-state index contributed by atoms with van der Waals surface area (Å²) < 4.78 is 0. The summed E-state index contributed by atoms with van der Waals surface area (Å²) in [7, 11) is 0. The first-order valence-corrected chi connectivity index (χ1v) is 8.60. The molecule has 0 aliphatic rings. The first kappa shape index (κ1) is 14.8. The Bertz CT molecular complexity index is 702. The van der Waals surface area contributed by atoms with Crippen LogP contribution in [0.3, 0.4) is 0 Å². The minimum Gasteiger partial charge on any atom is -0.332 e. The number of nitrogens with zero attached hydrogens (tertiary/aromatic N) is 1. The molecule has 0 unspecified atom stereocenters. The molecule has 0 aliphatic heterocycles. The first-order chi connectivity index (χ1) is 10.8. The van der Waals surface area contributed by atoms with Crippen LogP contribution in [0.5, 0.6) is 0 Å². The van der Waals surface area contributed by atoms with E-state index in [9.17, 15) is 0 Å². The Hall–Kier alpha value is -2.13. The topological polar surface area (TPSA) is 24.9 Å². The molecule has 3 aromatic rings. The van der Waals surface area contributed by atoms with Gasteiger partial charge in [0.25, 0.3) is 0 Å². The molecule has 0 atom stereocenters. The van der Waals surface area contributed by atoms with Gasteiger partial charge in [0.05, 0.1) is 5.69 Å². The molecule has 0 aliphatic carbocycles. The quantitative estimate of drug-likeness (QED) is 0.613. The molecule has 0 saturated carbocycles. The van der Waals surface area contributed by atoms with Gasteiger partial charge in [0.15, 0.2) is 5.13 Å². The predicted molar refractivity (Wildman–Crippen MR) is 95.9 cm³/mol. The highest BCUT2D eigenvalue weighted by Gasteiger charge is 2.04. The predicted octanol–water partition coefficient (Wildman–Crippen LogP) is 5.90. The summed E-state index contributed by atoms with van der Waals surface area (Å²) in [5.74, 6) is 0. The van der Waals surface area contributed by atoms with Gasteiger partial charge in [0.1, 0.15) is 0 Å². The summed E-state index contributed by atoms with van der Waals surface area (Å²) in [5, 5.41) is 6.41. The molecule has 2 aromatic carbocycles. The standard InChI is InChI=1S/C19H20N2S/c1-2-3-7-15-10-12-17(13-11-15)20-19-21-18(14-22-19)16-8-5-4-6-9-16/h4-6,8-14H,2-3,7H2,1H3,(H,20,21). The number of rotatable bonds is 6. The Morgan fingerprint density at radius 3 is 2.50 bits per heavy atom. The summed E-state index contributed by atoms with van der Waals surface area (Å²) in [5.41, 5.74) is 4.67. The number of benzene rings is 2. The Morgan fingerprint density at radius 2 is 1.77 bits per heavy atom. The molecule has 1 heterocycles. The third-order valence-electron chi connectivity index (χ3n) is 3.60. The Kier molecular flexibility index (Phi) is 4.86. The lowest BCUT2D eigenvalue weighted by Crippen LogP contribution is -1.91. The molecule has 1 aromatic heterocycles. The number of nitrogens with one attached hydrogen (secondary N) is 1. The number of aromatic nitrogens is 1. The van der Waals surface area contributed by atoms with E-state index in [4.69, 9.17) is 0 Å². The highest BCUT2D eigenvalue weighted by molar-refractivity contribution is 7.14. The number of thiazole rings is 1. The Labute approximate surface area is 135 Å². The minimum absolute atomic E-state index is 0.931. The summed E-state index contributed by atoms with van der Waals surface area (Å²) in [4.78, 5) is 4.66. The highest BCUT2D eigenvalue weighted by Crippen LogP contribution is 2.27. The molecule has 3 rings (SSSR count). The third-order valence-corrected chi connectivity index (χ3v) is 4.36.